The summed E-state index contributed by atoms with van der Waals surface area (Å²) in [6, 6.07) is 9.49. The summed E-state index contributed by atoms with van der Waals surface area (Å²) in [5, 5.41) is 3.65. The van der Waals surface area contributed by atoms with Crippen LogP contribution in [-0.4, -0.2) is 35.6 Å². The molecule has 0 fully saturated rings. The third kappa shape index (κ3) is 3.06. The van der Waals surface area contributed by atoms with Crippen LogP contribution in [0.25, 0.3) is 11.1 Å². The average molecular weight is 335 g/mol. The van der Waals surface area contributed by atoms with Gasteiger partial charge in [0.2, 0.25) is 0 Å². The Morgan fingerprint density at radius 2 is 2.00 bits per heavy atom. The maximum absolute atomic E-state index is 4.35. The number of rotatable bonds is 6. The molecule has 2 heterocycles. The van der Waals surface area contributed by atoms with Crippen molar-refractivity contribution >= 4 is 5.69 Å². The van der Waals surface area contributed by atoms with E-state index < -0.39 is 0 Å². The second kappa shape index (κ2) is 7.17. The Bertz CT molecular complexity index is 720. The van der Waals surface area contributed by atoms with Crippen molar-refractivity contribution in [3.63, 3.8) is 0 Å². The Hall–Kier alpha value is -1.87. The van der Waals surface area contributed by atoms with E-state index in [9.17, 15) is 0 Å². The number of nitrogens with zero attached hydrogens (tertiary/aromatic N) is 2. The Balaban J connectivity index is 1.74. The third-order valence-corrected chi connectivity index (χ3v) is 5.81. The first-order valence-electron chi connectivity index (χ1n) is 9.85. The molecule has 0 saturated carbocycles. The van der Waals surface area contributed by atoms with Crippen LogP contribution in [0.3, 0.4) is 0 Å². The van der Waals surface area contributed by atoms with E-state index in [-0.39, 0.29) is 0 Å². The molecule has 3 nitrogen and oxygen atoms in total. The van der Waals surface area contributed by atoms with E-state index >= 15 is 0 Å². The zero-order valence-corrected chi connectivity index (χ0v) is 15.5. The van der Waals surface area contributed by atoms with E-state index in [1.54, 1.807) is 11.1 Å². The van der Waals surface area contributed by atoms with Gasteiger partial charge >= 0.3 is 0 Å². The van der Waals surface area contributed by atoms with Crippen molar-refractivity contribution in [2.75, 3.05) is 25.0 Å². The van der Waals surface area contributed by atoms with E-state index in [1.807, 2.05) is 18.5 Å². The van der Waals surface area contributed by atoms with Crippen LogP contribution in [0.5, 0.6) is 0 Å². The van der Waals surface area contributed by atoms with Gasteiger partial charge in [-0.1, -0.05) is 26.0 Å². The van der Waals surface area contributed by atoms with Crippen LogP contribution in [0.1, 0.15) is 50.2 Å². The van der Waals surface area contributed by atoms with E-state index in [0.29, 0.717) is 12.0 Å². The lowest BCUT2D eigenvalue weighted by Gasteiger charge is -2.38. The molecule has 0 radical (unpaired) electrons. The van der Waals surface area contributed by atoms with Gasteiger partial charge in [-0.2, -0.15) is 0 Å². The molecule has 1 aliphatic carbocycles. The highest BCUT2D eigenvalue weighted by atomic mass is 15.2. The second-order valence-electron chi connectivity index (χ2n) is 7.50. The molecular formula is C22H29N3. The molecule has 2 atom stereocenters. The summed E-state index contributed by atoms with van der Waals surface area (Å²) < 4.78 is 0. The zero-order valence-electron chi connectivity index (χ0n) is 15.5. The van der Waals surface area contributed by atoms with Gasteiger partial charge in [0.05, 0.1) is 0 Å². The quantitative estimate of drug-likeness (QED) is 0.830. The summed E-state index contributed by atoms with van der Waals surface area (Å²) in [5.74, 6) is 0.664. The monoisotopic (exact) mass is 335 g/mol. The number of hydrogen-bond acceptors (Lipinski definition) is 3. The number of benzene rings is 1. The van der Waals surface area contributed by atoms with Crippen LogP contribution in [0, 0.1) is 0 Å². The molecule has 1 aliphatic heterocycles. The minimum absolute atomic E-state index is 0.664. The minimum Gasteiger partial charge on any atom is -0.384 e. The van der Waals surface area contributed by atoms with Crippen LogP contribution in [0.15, 0.2) is 36.7 Å². The summed E-state index contributed by atoms with van der Waals surface area (Å²) in [7, 11) is 0. The summed E-state index contributed by atoms with van der Waals surface area (Å²) in [6.07, 6.45) is 8.81. The van der Waals surface area contributed by atoms with E-state index in [4.69, 9.17) is 0 Å². The Morgan fingerprint density at radius 3 is 2.72 bits per heavy atom. The lowest BCUT2D eigenvalue weighted by atomic mass is 9.77. The highest BCUT2D eigenvalue weighted by molar-refractivity contribution is 5.76. The molecule has 132 valence electrons. The van der Waals surface area contributed by atoms with E-state index in [0.717, 1.165) is 6.54 Å². The third-order valence-electron chi connectivity index (χ3n) is 5.81. The fourth-order valence-electron chi connectivity index (χ4n) is 4.81. The highest BCUT2D eigenvalue weighted by Crippen LogP contribution is 2.46. The fourth-order valence-corrected chi connectivity index (χ4v) is 4.81. The largest absolute Gasteiger partial charge is 0.384 e. The van der Waals surface area contributed by atoms with Gasteiger partial charge in [-0.05, 0) is 67.6 Å². The normalized spacial score (nSPS) is 21.2. The Labute approximate surface area is 151 Å². The maximum Gasteiger partial charge on any atom is 0.0379 e. The van der Waals surface area contributed by atoms with Crippen molar-refractivity contribution in [3.8, 4) is 11.1 Å². The Kier molecular flexibility index (Phi) is 4.76. The summed E-state index contributed by atoms with van der Waals surface area (Å²) in [6.45, 7) is 8.14. The minimum atomic E-state index is 0.664. The molecule has 3 heteroatoms. The molecule has 2 aromatic rings. The van der Waals surface area contributed by atoms with Gasteiger partial charge in [0.25, 0.3) is 0 Å². The molecule has 2 aliphatic rings. The van der Waals surface area contributed by atoms with Gasteiger partial charge in [0, 0.05) is 42.1 Å². The van der Waals surface area contributed by atoms with Crippen LogP contribution in [-0.2, 0) is 6.42 Å². The highest BCUT2D eigenvalue weighted by Gasteiger charge is 2.36. The number of anilines is 1. The topological polar surface area (TPSA) is 28.2 Å². The van der Waals surface area contributed by atoms with Gasteiger partial charge in [0.15, 0.2) is 0 Å². The number of aromatic nitrogens is 1. The maximum atomic E-state index is 4.35. The first-order chi connectivity index (χ1) is 12.3. The second-order valence-corrected chi connectivity index (χ2v) is 7.50. The van der Waals surface area contributed by atoms with Crippen LogP contribution in [0.2, 0.25) is 0 Å². The zero-order chi connectivity index (χ0) is 17.2. The SMILES string of the molecule is CCCN(CCC)[C@@H]1Cc2c(-c3cccnc3)ccc3c2[C@H](CN3)C1. The number of nitrogens with one attached hydrogen (secondary N) is 1. The summed E-state index contributed by atoms with van der Waals surface area (Å²) in [5.41, 5.74) is 7.16. The molecule has 0 amide bonds. The lowest BCUT2D eigenvalue weighted by molar-refractivity contribution is 0.173. The molecule has 0 bridgehead atoms. The van der Waals surface area contributed by atoms with Crippen molar-refractivity contribution in [1.82, 2.24) is 9.88 Å². The van der Waals surface area contributed by atoms with Gasteiger partial charge in [-0.25, -0.2) is 0 Å². The smallest absolute Gasteiger partial charge is 0.0379 e. The molecule has 0 saturated heterocycles. The summed E-state index contributed by atoms with van der Waals surface area (Å²) >= 11 is 0. The average Bonchev–Trinajstić information content (AvgIpc) is 3.07. The number of hydrogen-bond donors (Lipinski definition) is 1. The van der Waals surface area contributed by atoms with Gasteiger partial charge in [-0.15, -0.1) is 0 Å². The molecule has 4 rings (SSSR count). The standard InChI is InChI=1S/C22H29N3/c1-3-10-25(11-4-2)18-12-17-15-24-21-8-7-19(20(13-18)22(17)21)16-6-5-9-23-14-16/h5-9,14,17-18,24H,3-4,10-13,15H2,1-2H3/t17-,18-/m0/s1. The molecule has 1 aromatic heterocycles. The lowest BCUT2D eigenvalue weighted by Crippen LogP contribution is -2.41. The van der Waals surface area contributed by atoms with E-state index in [1.165, 1.54) is 55.6 Å². The van der Waals surface area contributed by atoms with Crippen molar-refractivity contribution in [2.24, 2.45) is 0 Å². The van der Waals surface area contributed by atoms with Crippen molar-refractivity contribution in [2.45, 2.75) is 51.5 Å². The van der Waals surface area contributed by atoms with Gasteiger partial charge < -0.3 is 10.2 Å². The molecule has 25 heavy (non-hydrogen) atoms. The van der Waals surface area contributed by atoms with Gasteiger partial charge in [0.1, 0.15) is 0 Å². The fraction of sp³-hybridized carbons (Fsp3) is 0.500. The predicted octanol–water partition coefficient (Wildman–Crippen LogP) is 4.69. The van der Waals surface area contributed by atoms with E-state index in [2.05, 4.69) is 47.2 Å². The van der Waals surface area contributed by atoms with Crippen LogP contribution < -0.4 is 5.32 Å². The molecular weight excluding hydrogens is 306 g/mol. The van der Waals surface area contributed by atoms with Crippen molar-refractivity contribution < 1.29 is 0 Å². The number of pyridine rings is 1. The predicted molar refractivity (Wildman–Crippen MR) is 105 cm³/mol. The molecule has 0 unspecified atom stereocenters. The molecule has 0 spiro atoms. The molecule has 1 aromatic carbocycles. The first kappa shape index (κ1) is 16.6. The Morgan fingerprint density at radius 1 is 1.16 bits per heavy atom. The van der Waals surface area contributed by atoms with Crippen LogP contribution in [0.4, 0.5) is 5.69 Å². The molecule has 1 N–H and O–H groups in total. The van der Waals surface area contributed by atoms with Crippen molar-refractivity contribution in [3.05, 3.63) is 47.8 Å². The van der Waals surface area contributed by atoms with Crippen LogP contribution >= 0.6 is 0 Å². The summed E-state index contributed by atoms with van der Waals surface area (Å²) in [4.78, 5) is 7.09. The first-order valence-corrected chi connectivity index (χ1v) is 9.85. The van der Waals surface area contributed by atoms with Crippen molar-refractivity contribution in [1.29, 1.82) is 0 Å². The van der Waals surface area contributed by atoms with Gasteiger partial charge in [-0.3, -0.25) is 4.98 Å².